The Hall–Kier alpha value is -4.13. The molecule has 1 N–H and O–H groups in total. The Labute approximate surface area is 186 Å². The number of carbonyl (C=O) groups excluding carboxylic acids is 1. The fourth-order valence-electron chi connectivity index (χ4n) is 3.06. The van der Waals surface area contributed by atoms with Gasteiger partial charge in [0.2, 0.25) is 5.82 Å². The molecular weight excluding hydrogens is 406 g/mol. The number of anilines is 1. The van der Waals surface area contributed by atoms with Gasteiger partial charge in [-0.2, -0.15) is 4.98 Å². The van der Waals surface area contributed by atoms with Crippen molar-refractivity contribution in [1.82, 2.24) is 10.1 Å². The summed E-state index contributed by atoms with van der Waals surface area (Å²) in [5.74, 6) is 1.74. The number of amides is 1. The molecule has 0 saturated carbocycles. The normalized spacial score (nSPS) is 11.6. The molecular formula is C25H23N3O4. The van der Waals surface area contributed by atoms with Gasteiger partial charge in [-0.3, -0.25) is 4.79 Å². The van der Waals surface area contributed by atoms with Crippen LogP contribution >= 0.6 is 0 Å². The Bertz CT molecular complexity index is 1200. The van der Waals surface area contributed by atoms with Crippen molar-refractivity contribution in [2.75, 3.05) is 12.4 Å². The molecule has 0 aliphatic rings. The molecule has 1 amide bonds. The topological polar surface area (TPSA) is 86.5 Å². The van der Waals surface area contributed by atoms with Crippen molar-refractivity contribution in [2.24, 2.45) is 0 Å². The third-order valence-electron chi connectivity index (χ3n) is 4.88. The second kappa shape index (κ2) is 9.34. The highest BCUT2D eigenvalue weighted by Crippen LogP contribution is 2.27. The summed E-state index contributed by atoms with van der Waals surface area (Å²) in [5, 5.41) is 6.90. The summed E-state index contributed by atoms with van der Waals surface area (Å²) in [5.41, 5.74) is 3.44. The number of nitrogens with zero attached hydrogens (tertiary/aromatic N) is 2. The van der Waals surface area contributed by atoms with E-state index in [1.54, 1.807) is 38.3 Å². The average molecular weight is 429 g/mol. The number of ether oxygens (including phenoxy) is 2. The van der Waals surface area contributed by atoms with E-state index in [9.17, 15) is 4.79 Å². The minimum Gasteiger partial charge on any atom is -0.493 e. The molecule has 1 aromatic heterocycles. The summed E-state index contributed by atoms with van der Waals surface area (Å²) < 4.78 is 16.4. The number of hydrogen-bond acceptors (Lipinski definition) is 6. The zero-order valence-electron chi connectivity index (χ0n) is 18.0. The zero-order valence-corrected chi connectivity index (χ0v) is 18.0. The Morgan fingerprint density at radius 1 is 0.938 bits per heavy atom. The van der Waals surface area contributed by atoms with Crippen LogP contribution in [0.4, 0.5) is 5.69 Å². The van der Waals surface area contributed by atoms with E-state index in [-0.39, 0.29) is 5.91 Å². The fourth-order valence-corrected chi connectivity index (χ4v) is 3.06. The molecule has 0 saturated heterocycles. The lowest BCUT2D eigenvalue weighted by Crippen LogP contribution is -2.30. The van der Waals surface area contributed by atoms with Crippen LogP contribution < -0.4 is 14.8 Å². The molecule has 7 nitrogen and oxygen atoms in total. The molecule has 0 fully saturated rings. The lowest BCUT2D eigenvalue weighted by atomic mass is 10.1. The Morgan fingerprint density at radius 3 is 2.28 bits per heavy atom. The second-order valence-corrected chi connectivity index (χ2v) is 7.27. The van der Waals surface area contributed by atoms with E-state index in [0.717, 1.165) is 16.7 Å². The van der Waals surface area contributed by atoms with Crippen LogP contribution in [0, 0.1) is 6.92 Å². The molecule has 0 radical (unpaired) electrons. The monoisotopic (exact) mass is 429 g/mol. The minimum absolute atomic E-state index is 0.275. The first-order chi connectivity index (χ1) is 15.5. The second-order valence-electron chi connectivity index (χ2n) is 7.27. The molecule has 0 aliphatic heterocycles. The van der Waals surface area contributed by atoms with E-state index in [1.807, 2.05) is 55.5 Å². The number of methoxy groups -OCH3 is 1. The van der Waals surface area contributed by atoms with Gasteiger partial charge < -0.3 is 19.3 Å². The number of nitrogens with one attached hydrogen (secondary N) is 1. The van der Waals surface area contributed by atoms with Crippen molar-refractivity contribution >= 4 is 11.6 Å². The number of carbonyl (C=O) groups is 1. The van der Waals surface area contributed by atoms with Gasteiger partial charge in [0.25, 0.3) is 11.8 Å². The highest BCUT2D eigenvalue weighted by molar-refractivity contribution is 5.94. The van der Waals surface area contributed by atoms with Crippen LogP contribution in [0.2, 0.25) is 0 Å². The van der Waals surface area contributed by atoms with E-state index in [0.29, 0.717) is 28.9 Å². The van der Waals surface area contributed by atoms with Gasteiger partial charge in [-0.05, 0) is 50.2 Å². The molecule has 3 aromatic carbocycles. The lowest BCUT2D eigenvalue weighted by Gasteiger charge is -2.16. The highest BCUT2D eigenvalue weighted by atomic mass is 16.5. The fraction of sp³-hybridized carbons (Fsp3) is 0.160. The largest absolute Gasteiger partial charge is 0.493 e. The lowest BCUT2D eigenvalue weighted by molar-refractivity contribution is -0.122. The van der Waals surface area contributed by atoms with E-state index in [2.05, 4.69) is 15.5 Å². The summed E-state index contributed by atoms with van der Waals surface area (Å²) in [6.07, 6.45) is -0.709. The Kier molecular flexibility index (Phi) is 6.17. The van der Waals surface area contributed by atoms with Gasteiger partial charge >= 0.3 is 0 Å². The molecule has 1 atom stereocenters. The molecule has 4 rings (SSSR count). The predicted molar refractivity (Wildman–Crippen MR) is 122 cm³/mol. The molecule has 0 aliphatic carbocycles. The van der Waals surface area contributed by atoms with Crippen LogP contribution in [0.25, 0.3) is 22.8 Å². The molecule has 0 bridgehead atoms. The van der Waals surface area contributed by atoms with Crippen molar-refractivity contribution < 1.29 is 18.8 Å². The maximum Gasteiger partial charge on any atom is 0.265 e. The summed E-state index contributed by atoms with van der Waals surface area (Å²) in [6, 6.07) is 22.3. The van der Waals surface area contributed by atoms with Crippen LogP contribution in [-0.4, -0.2) is 29.3 Å². The molecule has 4 aromatic rings. The molecule has 32 heavy (non-hydrogen) atoms. The summed E-state index contributed by atoms with van der Waals surface area (Å²) in [7, 11) is 1.56. The van der Waals surface area contributed by atoms with Crippen LogP contribution in [0.15, 0.2) is 77.3 Å². The van der Waals surface area contributed by atoms with Gasteiger partial charge in [-0.25, -0.2) is 0 Å². The molecule has 162 valence electrons. The summed E-state index contributed by atoms with van der Waals surface area (Å²) in [4.78, 5) is 17.0. The highest BCUT2D eigenvalue weighted by Gasteiger charge is 2.17. The van der Waals surface area contributed by atoms with E-state index in [1.165, 1.54) is 0 Å². The third-order valence-corrected chi connectivity index (χ3v) is 4.88. The van der Waals surface area contributed by atoms with E-state index >= 15 is 0 Å². The maximum absolute atomic E-state index is 12.5. The minimum atomic E-state index is -0.709. The first kappa shape index (κ1) is 21.1. The van der Waals surface area contributed by atoms with Gasteiger partial charge in [0, 0.05) is 16.8 Å². The van der Waals surface area contributed by atoms with Crippen molar-refractivity contribution in [3.05, 3.63) is 78.4 Å². The number of para-hydroxylation sites is 2. The summed E-state index contributed by atoms with van der Waals surface area (Å²) in [6.45, 7) is 3.71. The zero-order chi connectivity index (χ0) is 22.5. The third kappa shape index (κ3) is 4.78. The van der Waals surface area contributed by atoms with Gasteiger partial charge in [0.15, 0.2) is 17.6 Å². The van der Waals surface area contributed by atoms with E-state index in [4.69, 9.17) is 14.0 Å². The van der Waals surface area contributed by atoms with Crippen molar-refractivity contribution in [3.8, 4) is 34.3 Å². The first-order valence-corrected chi connectivity index (χ1v) is 10.1. The molecule has 1 heterocycles. The predicted octanol–water partition coefficient (Wildman–Crippen LogP) is 5.13. The van der Waals surface area contributed by atoms with Crippen LogP contribution in [0.5, 0.6) is 11.5 Å². The molecule has 0 spiro atoms. The SMILES string of the molecule is COc1ccccc1O[C@@H](C)C(=O)Nc1ccc(-c2nc(-c3ccc(C)cc3)no2)cc1. The maximum atomic E-state index is 12.5. The average Bonchev–Trinajstić information content (AvgIpc) is 3.30. The van der Waals surface area contributed by atoms with Crippen LogP contribution in [0.3, 0.4) is 0 Å². The van der Waals surface area contributed by atoms with Crippen molar-refractivity contribution in [2.45, 2.75) is 20.0 Å². The quantitative estimate of drug-likeness (QED) is 0.438. The standard InChI is InChI=1S/C25H23N3O4/c1-16-8-10-18(11-9-16)23-27-25(32-28-23)19-12-14-20(15-13-19)26-24(29)17(2)31-22-7-5-4-6-21(22)30-3/h4-15,17H,1-3H3,(H,26,29)/t17-/m0/s1. The van der Waals surface area contributed by atoms with Gasteiger partial charge in [-0.1, -0.05) is 47.1 Å². The molecule has 7 heteroatoms. The van der Waals surface area contributed by atoms with Crippen LogP contribution in [0.1, 0.15) is 12.5 Å². The van der Waals surface area contributed by atoms with Gasteiger partial charge in [0.05, 0.1) is 7.11 Å². The summed E-state index contributed by atoms with van der Waals surface area (Å²) >= 11 is 0. The van der Waals surface area contributed by atoms with E-state index < -0.39 is 6.10 Å². The number of rotatable bonds is 7. The number of aryl methyl sites for hydroxylation is 1. The first-order valence-electron chi connectivity index (χ1n) is 10.1. The van der Waals surface area contributed by atoms with Gasteiger partial charge in [-0.15, -0.1) is 0 Å². The molecule has 0 unspecified atom stereocenters. The smallest absolute Gasteiger partial charge is 0.265 e. The number of hydrogen-bond donors (Lipinski definition) is 1. The van der Waals surface area contributed by atoms with Crippen molar-refractivity contribution in [1.29, 1.82) is 0 Å². The number of benzene rings is 3. The Morgan fingerprint density at radius 2 is 1.59 bits per heavy atom. The Balaban J connectivity index is 1.40. The van der Waals surface area contributed by atoms with Gasteiger partial charge in [0.1, 0.15) is 0 Å². The number of aromatic nitrogens is 2. The van der Waals surface area contributed by atoms with Crippen molar-refractivity contribution in [3.63, 3.8) is 0 Å². The van der Waals surface area contributed by atoms with Crippen LogP contribution in [-0.2, 0) is 4.79 Å².